The average Bonchev–Trinajstić information content (AvgIpc) is 3.35. The Hall–Kier alpha value is -1.54. The first-order valence-corrected chi connectivity index (χ1v) is 13.6. The van der Waals surface area contributed by atoms with Crippen LogP contribution in [0.3, 0.4) is 0 Å². The third-order valence-electron chi connectivity index (χ3n) is 6.23. The quantitative estimate of drug-likeness (QED) is 0.261. The molecule has 1 saturated carbocycles. The van der Waals surface area contributed by atoms with Gasteiger partial charge in [-0.05, 0) is 48.6 Å². The summed E-state index contributed by atoms with van der Waals surface area (Å²) in [5.41, 5.74) is 7.79. The summed E-state index contributed by atoms with van der Waals surface area (Å²) in [6, 6.07) is 10.6. The first-order valence-electron chi connectivity index (χ1n) is 11.2. The van der Waals surface area contributed by atoms with Crippen LogP contribution in [0.2, 0.25) is 0 Å². The summed E-state index contributed by atoms with van der Waals surface area (Å²) < 4.78 is 22.8. The molecule has 4 N–H and O–H groups in total. The van der Waals surface area contributed by atoms with Crippen molar-refractivity contribution in [1.29, 1.82) is 0 Å². The van der Waals surface area contributed by atoms with E-state index in [9.17, 15) is 4.57 Å². The fourth-order valence-electron chi connectivity index (χ4n) is 4.50. The molecule has 2 atom stereocenters. The molecule has 1 heterocycles. The van der Waals surface area contributed by atoms with Gasteiger partial charge in [0.2, 0.25) is 0 Å². The number of rotatable bonds is 10. The smallest absolute Gasteiger partial charge is 0.469 e. The van der Waals surface area contributed by atoms with Gasteiger partial charge in [0.15, 0.2) is 0 Å². The summed E-state index contributed by atoms with van der Waals surface area (Å²) in [5, 5.41) is 3.03. The minimum atomic E-state index is -4.51. The second-order valence-electron chi connectivity index (χ2n) is 8.85. The van der Waals surface area contributed by atoms with Gasteiger partial charge in [-0.15, -0.1) is 0 Å². The first kappa shape index (κ1) is 23.6. The molecular weight excluding hydrogens is 447 g/mol. The maximum atomic E-state index is 11.0. The molecule has 32 heavy (non-hydrogen) atoms. The van der Waals surface area contributed by atoms with Gasteiger partial charge < -0.3 is 20.3 Å². The molecule has 9 heteroatoms. The number of phosphoric ester groups is 1. The second-order valence-corrected chi connectivity index (χ2v) is 11.1. The second kappa shape index (κ2) is 9.75. The molecule has 0 aliphatic heterocycles. The van der Waals surface area contributed by atoms with E-state index in [0.29, 0.717) is 19.4 Å². The summed E-state index contributed by atoms with van der Waals surface area (Å²) in [4.78, 5) is 22.6. The molecule has 2 aromatic carbocycles. The van der Waals surface area contributed by atoms with E-state index in [2.05, 4.69) is 36.2 Å². The molecular formula is C23H31N2O5PS. The molecule has 0 saturated heterocycles. The molecule has 1 aliphatic rings. The van der Waals surface area contributed by atoms with Crippen molar-refractivity contribution < 1.29 is 23.6 Å². The van der Waals surface area contributed by atoms with Gasteiger partial charge in [-0.25, -0.2) is 9.55 Å². The van der Waals surface area contributed by atoms with E-state index in [0.717, 1.165) is 39.0 Å². The largest absolute Gasteiger partial charge is 0.470 e. The highest BCUT2D eigenvalue weighted by Gasteiger charge is 2.38. The van der Waals surface area contributed by atoms with Gasteiger partial charge >= 0.3 is 7.82 Å². The van der Waals surface area contributed by atoms with Crippen molar-refractivity contribution in [3.8, 4) is 5.19 Å². The molecule has 1 fully saturated rings. The average molecular weight is 479 g/mol. The summed E-state index contributed by atoms with van der Waals surface area (Å²) in [6.45, 7) is 2.77. The highest BCUT2D eigenvalue weighted by Crippen LogP contribution is 2.44. The van der Waals surface area contributed by atoms with Crippen LogP contribution in [0.25, 0.3) is 21.0 Å². The normalized spacial score (nSPS) is 21.6. The highest BCUT2D eigenvalue weighted by molar-refractivity contribution is 7.46. The number of nitrogens with zero attached hydrogens (tertiary/aromatic N) is 1. The van der Waals surface area contributed by atoms with Gasteiger partial charge in [0.1, 0.15) is 0 Å². The van der Waals surface area contributed by atoms with Crippen molar-refractivity contribution >= 4 is 40.1 Å². The number of fused-ring (bicyclic) bond motifs is 3. The lowest BCUT2D eigenvalue weighted by Gasteiger charge is -2.24. The van der Waals surface area contributed by atoms with Crippen molar-refractivity contribution in [1.82, 2.24) is 4.98 Å². The van der Waals surface area contributed by atoms with Crippen LogP contribution in [0.1, 0.15) is 63.4 Å². The molecule has 7 nitrogen and oxygen atoms in total. The molecule has 174 valence electrons. The highest BCUT2D eigenvalue weighted by atomic mass is 32.1. The number of nitrogens with two attached hydrogens (primary N) is 1. The van der Waals surface area contributed by atoms with Gasteiger partial charge in [0.05, 0.1) is 23.4 Å². The predicted molar refractivity (Wildman–Crippen MR) is 128 cm³/mol. The number of benzene rings is 2. The number of thiazole rings is 1. The summed E-state index contributed by atoms with van der Waals surface area (Å²) in [6.07, 6.45) is 6.86. The topological polar surface area (TPSA) is 115 Å². The van der Waals surface area contributed by atoms with E-state index in [1.165, 1.54) is 24.8 Å². The van der Waals surface area contributed by atoms with Crippen LogP contribution in [-0.4, -0.2) is 33.5 Å². The van der Waals surface area contributed by atoms with Gasteiger partial charge in [-0.3, -0.25) is 4.52 Å². The van der Waals surface area contributed by atoms with Crippen LogP contribution in [0.15, 0.2) is 30.3 Å². The van der Waals surface area contributed by atoms with E-state index in [-0.39, 0.29) is 12.5 Å². The van der Waals surface area contributed by atoms with Gasteiger partial charge in [-0.2, -0.15) is 0 Å². The fourth-order valence-corrected chi connectivity index (χ4v) is 5.90. The van der Waals surface area contributed by atoms with Crippen molar-refractivity contribution in [3.05, 3.63) is 35.9 Å². The van der Waals surface area contributed by atoms with E-state index in [1.54, 1.807) is 11.3 Å². The van der Waals surface area contributed by atoms with Gasteiger partial charge in [0.25, 0.3) is 5.19 Å². The van der Waals surface area contributed by atoms with Crippen molar-refractivity contribution in [3.63, 3.8) is 0 Å². The SMILES string of the molecule is CCCCCCOc1nc2ccc3cc([C@H]4CC[C@](N)(COP(=O)(O)O)C4)ccc3c2s1. The van der Waals surface area contributed by atoms with Crippen LogP contribution in [-0.2, 0) is 9.09 Å². The van der Waals surface area contributed by atoms with Crippen LogP contribution in [0, 0.1) is 0 Å². The Morgan fingerprint density at radius 2 is 2.09 bits per heavy atom. The monoisotopic (exact) mass is 478 g/mol. The standard InChI is InChI=1S/C23H31N2O5PS/c1-2-3-4-5-12-29-22-25-20-9-7-17-13-16(6-8-19(17)21(20)32-22)18-10-11-23(24,14-18)15-30-31(26,27)28/h6-9,13,18H,2-5,10-12,14-15,24H2,1H3,(H2,26,27,28)/t18-,23+/m0/s1. The zero-order valence-corrected chi connectivity index (χ0v) is 20.0. The Bertz CT molecular complexity index is 1130. The van der Waals surface area contributed by atoms with Crippen LogP contribution in [0.4, 0.5) is 0 Å². The predicted octanol–water partition coefficient (Wildman–Crippen LogP) is 5.48. The number of phosphoric acid groups is 1. The Morgan fingerprint density at radius 3 is 2.88 bits per heavy atom. The minimum Gasteiger partial charge on any atom is -0.470 e. The lowest BCUT2D eigenvalue weighted by Crippen LogP contribution is -2.41. The van der Waals surface area contributed by atoms with Gasteiger partial charge in [0, 0.05) is 10.9 Å². The molecule has 3 aromatic rings. The molecule has 0 unspecified atom stereocenters. The van der Waals surface area contributed by atoms with Crippen LogP contribution in [0.5, 0.6) is 5.19 Å². The van der Waals surface area contributed by atoms with Crippen LogP contribution >= 0.6 is 19.2 Å². The third kappa shape index (κ3) is 5.68. The molecule has 4 rings (SSSR count). The Labute approximate surface area is 192 Å². The Balaban J connectivity index is 1.47. The number of hydrogen-bond donors (Lipinski definition) is 3. The maximum absolute atomic E-state index is 11.0. The lowest BCUT2D eigenvalue weighted by molar-refractivity contribution is 0.153. The Kier molecular flexibility index (Phi) is 7.20. The van der Waals surface area contributed by atoms with E-state index < -0.39 is 13.4 Å². The van der Waals surface area contributed by atoms with E-state index in [4.69, 9.17) is 24.8 Å². The molecule has 0 radical (unpaired) electrons. The molecule has 0 amide bonds. The minimum absolute atomic E-state index is 0.135. The zero-order valence-electron chi connectivity index (χ0n) is 18.3. The Morgan fingerprint density at radius 1 is 1.25 bits per heavy atom. The number of ether oxygens (including phenoxy) is 1. The van der Waals surface area contributed by atoms with Gasteiger partial charge in [-0.1, -0.05) is 61.8 Å². The summed E-state index contributed by atoms with van der Waals surface area (Å²) in [5.74, 6) is 0.240. The molecule has 1 aromatic heterocycles. The molecule has 0 spiro atoms. The van der Waals surface area contributed by atoms with E-state index in [1.807, 2.05) is 6.07 Å². The number of aromatic nitrogens is 1. The molecule has 1 aliphatic carbocycles. The first-order chi connectivity index (χ1) is 15.3. The summed E-state index contributed by atoms with van der Waals surface area (Å²) in [7, 11) is -4.51. The van der Waals surface area contributed by atoms with Crippen molar-refractivity contribution in [2.24, 2.45) is 5.73 Å². The summed E-state index contributed by atoms with van der Waals surface area (Å²) >= 11 is 1.59. The van der Waals surface area contributed by atoms with E-state index >= 15 is 0 Å². The number of hydrogen-bond acceptors (Lipinski definition) is 6. The number of unbranched alkanes of at least 4 members (excludes halogenated alkanes) is 3. The third-order valence-corrected chi connectivity index (χ3v) is 7.72. The maximum Gasteiger partial charge on any atom is 0.469 e. The molecule has 0 bridgehead atoms. The lowest BCUT2D eigenvalue weighted by atomic mass is 9.92. The zero-order chi connectivity index (χ0) is 22.8. The van der Waals surface area contributed by atoms with Crippen molar-refractivity contribution in [2.75, 3.05) is 13.2 Å². The van der Waals surface area contributed by atoms with Crippen LogP contribution < -0.4 is 10.5 Å². The fraction of sp³-hybridized carbons (Fsp3) is 0.522. The van der Waals surface area contributed by atoms with Crippen molar-refractivity contribution in [2.45, 2.75) is 63.3 Å².